The average molecular weight is 363 g/mol. The number of nitrogens with two attached hydrogens (primary N) is 1. The van der Waals surface area contributed by atoms with Gasteiger partial charge >= 0.3 is 0 Å². The summed E-state index contributed by atoms with van der Waals surface area (Å²) < 4.78 is 0. The minimum absolute atomic E-state index is 0.195. The summed E-state index contributed by atoms with van der Waals surface area (Å²) >= 11 is 0. The van der Waals surface area contributed by atoms with Crippen LogP contribution < -0.4 is 5.73 Å². The van der Waals surface area contributed by atoms with Gasteiger partial charge in [-0.3, -0.25) is 0 Å². The first kappa shape index (κ1) is 20.8. The molecule has 0 spiro atoms. The highest BCUT2D eigenvalue weighted by atomic mass is 15.1. The van der Waals surface area contributed by atoms with Crippen molar-refractivity contribution in [1.29, 1.82) is 0 Å². The van der Waals surface area contributed by atoms with Crippen LogP contribution in [0.3, 0.4) is 0 Å². The van der Waals surface area contributed by atoms with Gasteiger partial charge in [-0.25, -0.2) is 0 Å². The second-order valence-electron chi connectivity index (χ2n) is 8.07. The molecular weight excluding hydrogens is 328 g/mol. The van der Waals surface area contributed by atoms with Crippen molar-refractivity contribution in [3.63, 3.8) is 0 Å². The summed E-state index contributed by atoms with van der Waals surface area (Å²) in [7, 11) is 2.12. The highest BCUT2D eigenvalue weighted by molar-refractivity contribution is 5.65. The van der Waals surface area contributed by atoms with Crippen LogP contribution in [0.2, 0.25) is 0 Å². The maximum absolute atomic E-state index is 6.14. The quantitative estimate of drug-likeness (QED) is 0.603. The molecule has 0 radical (unpaired) electrons. The molecule has 0 saturated carbocycles. The van der Waals surface area contributed by atoms with Gasteiger partial charge < -0.3 is 10.6 Å². The van der Waals surface area contributed by atoms with Crippen LogP contribution in [0, 0.1) is 6.92 Å². The Morgan fingerprint density at radius 1 is 1.15 bits per heavy atom. The molecule has 2 aromatic carbocycles. The van der Waals surface area contributed by atoms with Gasteiger partial charge in [-0.2, -0.15) is 0 Å². The van der Waals surface area contributed by atoms with E-state index in [2.05, 4.69) is 84.0 Å². The predicted octanol–water partition coefficient (Wildman–Crippen LogP) is 6.10. The fourth-order valence-corrected chi connectivity index (χ4v) is 3.79. The van der Waals surface area contributed by atoms with E-state index in [-0.39, 0.29) is 5.41 Å². The lowest BCUT2D eigenvalue weighted by Gasteiger charge is -2.36. The summed E-state index contributed by atoms with van der Waals surface area (Å²) in [5, 5.41) is 0. The van der Waals surface area contributed by atoms with E-state index < -0.39 is 0 Å². The number of anilines is 1. The third-order valence-corrected chi connectivity index (χ3v) is 5.66. The van der Waals surface area contributed by atoms with Crippen LogP contribution in [-0.2, 0) is 18.4 Å². The molecule has 2 rings (SSSR count). The van der Waals surface area contributed by atoms with Gasteiger partial charge in [-0.15, -0.1) is 0 Å². The lowest BCUT2D eigenvalue weighted by atomic mass is 9.78. The molecule has 144 valence electrons. The van der Waals surface area contributed by atoms with E-state index in [9.17, 15) is 0 Å². The summed E-state index contributed by atoms with van der Waals surface area (Å²) in [4.78, 5) is 2.25. The zero-order chi connectivity index (χ0) is 20.4. The minimum atomic E-state index is -0.195. The number of rotatable bonds is 7. The first-order valence-corrected chi connectivity index (χ1v) is 9.63. The van der Waals surface area contributed by atoms with E-state index in [1.807, 2.05) is 12.1 Å². The molecule has 27 heavy (non-hydrogen) atoms. The van der Waals surface area contributed by atoms with Gasteiger partial charge in [0.2, 0.25) is 0 Å². The molecule has 0 aliphatic rings. The van der Waals surface area contributed by atoms with Crippen LogP contribution in [0.5, 0.6) is 0 Å². The molecular formula is C25H34N2. The van der Waals surface area contributed by atoms with Crippen molar-refractivity contribution in [3.05, 3.63) is 83.1 Å². The lowest BCUT2D eigenvalue weighted by molar-refractivity contribution is 0.344. The smallest absolute Gasteiger partial charge is 0.0423 e. The third kappa shape index (κ3) is 4.27. The minimum Gasteiger partial charge on any atom is -0.399 e. The van der Waals surface area contributed by atoms with Crippen LogP contribution in [0.4, 0.5) is 5.69 Å². The molecule has 0 atom stereocenters. The van der Waals surface area contributed by atoms with Gasteiger partial charge in [0.25, 0.3) is 0 Å². The van der Waals surface area contributed by atoms with Crippen molar-refractivity contribution in [3.8, 4) is 0 Å². The molecule has 0 aliphatic carbocycles. The topological polar surface area (TPSA) is 29.3 Å². The normalized spacial score (nSPS) is 11.3. The Balaban J connectivity index is 2.27. The number of likely N-dealkylation sites (N-methyl/N-ethyl adjacent to an activating group) is 1. The fourth-order valence-electron chi connectivity index (χ4n) is 3.79. The first-order valence-electron chi connectivity index (χ1n) is 9.63. The van der Waals surface area contributed by atoms with Gasteiger partial charge in [0.05, 0.1) is 0 Å². The molecule has 0 heterocycles. The molecule has 0 amide bonds. The second kappa shape index (κ2) is 8.04. The summed E-state index contributed by atoms with van der Waals surface area (Å²) in [6, 6.07) is 12.8. The standard InChI is InChI=1S/C25H34N2/c1-9-21-15-20(13-14-22(21)17(2)3)16-27(8)19(5)25(6,7)23-11-10-12-24(26)18(23)4/h10-15H,2,5,9,16,26H2,1,3-4,6-8H3. The number of nitrogen functional groups attached to an aromatic ring is 1. The summed E-state index contributed by atoms with van der Waals surface area (Å²) in [6.45, 7) is 20.1. The summed E-state index contributed by atoms with van der Waals surface area (Å²) in [6.07, 6.45) is 1.01. The number of hydrogen-bond donors (Lipinski definition) is 1. The number of allylic oxidation sites excluding steroid dienone is 2. The summed E-state index contributed by atoms with van der Waals surface area (Å²) in [5.41, 5.74) is 15.2. The maximum Gasteiger partial charge on any atom is 0.0423 e. The molecule has 2 nitrogen and oxygen atoms in total. The monoisotopic (exact) mass is 362 g/mol. The maximum atomic E-state index is 6.14. The van der Waals surface area contributed by atoms with Crippen molar-refractivity contribution < 1.29 is 0 Å². The number of aryl methyl sites for hydroxylation is 1. The van der Waals surface area contributed by atoms with Gasteiger partial charge in [0.15, 0.2) is 0 Å². The number of nitrogens with zero attached hydrogens (tertiary/aromatic N) is 1. The third-order valence-electron chi connectivity index (χ3n) is 5.66. The number of hydrogen-bond acceptors (Lipinski definition) is 2. The van der Waals surface area contributed by atoms with E-state index in [0.29, 0.717) is 0 Å². The van der Waals surface area contributed by atoms with Crippen LogP contribution in [0.25, 0.3) is 5.57 Å². The lowest BCUT2D eigenvalue weighted by Crippen LogP contribution is -2.32. The highest BCUT2D eigenvalue weighted by Crippen LogP contribution is 2.36. The van der Waals surface area contributed by atoms with Crippen LogP contribution in [-0.4, -0.2) is 11.9 Å². The Morgan fingerprint density at radius 2 is 1.81 bits per heavy atom. The number of benzene rings is 2. The van der Waals surface area contributed by atoms with E-state index >= 15 is 0 Å². The van der Waals surface area contributed by atoms with Gasteiger partial charge in [0.1, 0.15) is 0 Å². The van der Waals surface area contributed by atoms with Crippen molar-refractivity contribution in [2.24, 2.45) is 0 Å². The van der Waals surface area contributed by atoms with Crippen LogP contribution in [0.1, 0.15) is 55.5 Å². The van der Waals surface area contributed by atoms with Crippen molar-refractivity contribution in [2.75, 3.05) is 12.8 Å². The Bertz CT molecular complexity index is 859. The molecule has 0 bridgehead atoms. The molecule has 0 aromatic heterocycles. The molecule has 2 heteroatoms. The van der Waals surface area contributed by atoms with Crippen molar-refractivity contribution in [1.82, 2.24) is 4.90 Å². The molecule has 0 saturated heterocycles. The molecule has 2 aromatic rings. The van der Waals surface area contributed by atoms with Gasteiger partial charge in [-0.05, 0) is 54.2 Å². The predicted molar refractivity (Wildman–Crippen MR) is 120 cm³/mol. The molecule has 2 N–H and O–H groups in total. The van der Waals surface area contributed by atoms with Gasteiger partial charge in [0, 0.05) is 30.4 Å². The zero-order valence-electron chi connectivity index (χ0n) is 17.8. The van der Waals surface area contributed by atoms with Crippen molar-refractivity contribution in [2.45, 2.75) is 53.0 Å². The van der Waals surface area contributed by atoms with E-state index in [1.165, 1.54) is 22.3 Å². The summed E-state index contributed by atoms with van der Waals surface area (Å²) in [5.74, 6) is 0. The Kier molecular flexibility index (Phi) is 6.20. The van der Waals surface area contributed by atoms with E-state index in [0.717, 1.165) is 35.5 Å². The average Bonchev–Trinajstić information content (AvgIpc) is 2.62. The van der Waals surface area contributed by atoms with E-state index in [1.54, 1.807) is 0 Å². The zero-order valence-corrected chi connectivity index (χ0v) is 17.8. The van der Waals surface area contributed by atoms with Gasteiger partial charge in [-0.1, -0.05) is 69.8 Å². The Morgan fingerprint density at radius 3 is 2.41 bits per heavy atom. The molecule has 0 unspecified atom stereocenters. The largest absolute Gasteiger partial charge is 0.399 e. The van der Waals surface area contributed by atoms with Crippen LogP contribution >= 0.6 is 0 Å². The Labute approximate surface area is 165 Å². The van der Waals surface area contributed by atoms with Crippen LogP contribution in [0.15, 0.2) is 55.3 Å². The van der Waals surface area contributed by atoms with E-state index in [4.69, 9.17) is 5.73 Å². The highest BCUT2D eigenvalue weighted by Gasteiger charge is 2.28. The second-order valence-corrected chi connectivity index (χ2v) is 8.07. The molecule has 0 fully saturated rings. The Hall–Kier alpha value is -2.48. The van der Waals surface area contributed by atoms with Crippen molar-refractivity contribution >= 4 is 11.3 Å². The molecule has 0 aliphatic heterocycles. The SMILES string of the molecule is C=C(C)c1ccc(CN(C)C(=C)C(C)(C)c2cccc(N)c2C)cc1CC. The fraction of sp³-hybridized carbons (Fsp3) is 0.360. The first-order chi connectivity index (χ1) is 12.6.